The van der Waals surface area contributed by atoms with Gasteiger partial charge in [0, 0.05) is 43.9 Å². The van der Waals surface area contributed by atoms with E-state index in [1.54, 1.807) is 23.1 Å². The lowest BCUT2D eigenvalue weighted by atomic mass is 10.2. The Morgan fingerprint density at radius 1 is 1.13 bits per heavy atom. The minimum atomic E-state index is -3.68. The van der Waals surface area contributed by atoms with Crippen LogP contribution in [0.4, 0.5) is 11.4 Å². The van der Waals surface area contributed by atoms with Gasteiger partial charge in [-0.3, -0.25) is 9.59 Å². The molecule has 2 amide bonds. The third-order valence-electron chi connectivity index (χ3n) is 5.58. The molecule has 4 rings (SSSR count). The third-order valence-corrected chi connectivity index (χ3v) is 7.59. The van der Waals surface area contributed by atoms with E-state index in [0.29, 0.717) is 43.2 Å². The minimum absolute atomic E-state index is 0.0139. The van der Waals surface area contributed by atoms with Crippen molar-refractivity contribution < 1.29 is 27.2 Å². The number of furan rings is 1. The maximum Gasteiger partial charge on any atom is 0.291 e. The van der Waals surface area contributed by atoms with E-state index in [0.717, 1.165) is 19.3 Å². The van der Waals surface area contributed by atoms with E-state index in [2.05, 4.69) is 5.32 Å². The van der Waals surface area contributed by atoms with Crippen LogP contribution in [0.1, 0.15) is 42.0 Å². The predicted octanol–water partition coefficient (Wildman–Crippen LogP) is 2.76. The first kappa shape index (κ1) is 21.4. The maximum absolute atomic E-state index is 12.8. The summed E-state index contributed by atoms with van der Waals surface area (Å²) in [7, 11) is -2.19. The Bertz CT molecular complexity index is 1120. The summed E-state index contributed by atoms with van der Waals surface area (Å²) in [4.78, 5) is 26.4. The van der Waals surface area contributed by atoms with Crippen molar-refractivity contribution >= 4 is 33.2 Å². The van der Waals surface area contributed by atoms with Crippen molar-refractivity contribution in [3.05, 3.63) is 35.8 Å². The molecule has 0 saturated carbocycles. The van der Waals surface area contributed by atoms with Crippen LogP contribution in [0.5, 0.6) is 5.75 Å². The molecule has 3 heterocycles. The van der Waals surface area contributed by atoms with E-state index >= 15 is 0 Å². The van der Waals surface area contributed by atoms with Crippen molar-refractivity contribution in [2.24, 2.45) is 0 Å². The molecular formula is C21H25N3O6S. The SMILES string of the molecule is COc1cc(NC(=O)c2cc(S(=O)(=O)N3CCCC3)c(C)o2)ccc1N1CCCC1=O. The molecule has 2 aliphatic heterocycles. The number of amides is 2. The van der Waals surface area contributed by atoms with Crippen LogP contribution >= 0.6 is 0 Å². The van der Waals surface area contributed by atoms with Gasteiger partial charge in [-0.15, -0.1) is 0 Å². The van der Waals surface area contributed by atoms with Crippen LogP contribution in [0.15, 0.2) is 33.6 Å². The number of ether oxygens (including phenoxy) is 1. The van der Waals surface area contributed by atoms with Gasteiger partial charge in [0.15, 0.2) is 5.76 Å². The average molecular weight is 448 g/mol. The fourth-order valence-electron chi connectivity index (χ4n) is 3.97. The molecule has 0 atom stereocenters. The zero-order chi connectivity index (χ0) is 22.2. The minimum Gasteiger partial charge on any atom is -0.494 e. The van der Waals surface area contributed by atoms with Gasteiger partial charge in [0.05, 0.1) is 12.8 Å². The number of nitrogens with one attached hydrogen (secondary N) is 1. The van der Waals surface area contributed by atoms with E-state index < -0.39 is 15.9 Å². The quantitative estimate of drug-likeness (QED) is 0.729. The summed E-state index contributed by atoms with van der Waals surface area (Å²) in [5.41, 5.74) is 1.09. The lowest BCUT2D eigenvalue weighted by Crippen LogP contribution is -2.28. The van der Waals surface area contributed by atoms with Crippen LogP contribution in [-0.2, 0) is 14.8 Å². The van der Waals surface area contributed by atoms with Crippen LogP contribution in [0.2, 0.25) is 0 Å². The second kappa shape index (κ2) is 8.35. The van der Waals surface area contributed by atoms with Crippen LogP contribution in [0, 0.1) is 6.92 Å². The van der Waals surface area contributed by atoms with E-state index in [1.165, 1.54) is 24.4 Å². The van der Waals surface area contributed by atoms with Crippen LogP contribution in [0.3, 0.4) is 0 Å². The molecule has 166 valence electrons. The van der Waals surface area contributed by atoms with Gasteiger partial charge >= 0.3 is 0 Å². The largest absolute Gasteiger partial charge is 0.494 e. The second-order valence-corrected chi connectivity index (χ2v) is 9.54. The highest BCUT2D eigenvalue weighted by Gasteiger charge is 2.32. The molecule has 2 aliphatic rings. The van der Waals surface area contributed by atoms with Gasteiger partial charge in [0.2, 0.25) is 15.9 Å². The van der Waals surface area contributed by atoms with Crippen molar-refractivity contribution in [1.29, 1.82) is 0 Å². The number of methoxy groups -OCH3 is 1. The number of carbonyl (C=O) groups excluding carboxylic acids is 2. The van der Waals surface area contributed by atoms with Crippen molar-refractivity contribution in [1.82, 2.24) is 4.31 Å². The Hall–Kier alpha value is -2.85. The van der Waals surface area contributed by atoms with E-state index in [-0.39, 0.29) is 22.3 Å². The Morgan fingerprint density at radius 3 is 2.52 bits per heavy atom. The summed E-state index contributed by atoms with van der Waals surface area (Å²) in [6.45, 7) is 3.10. The highest BCUT2D eigenvalue weighted by Crippen LogP contribution is 2.34. The molecular weight excluding hydrogens is 422 g/mol. The van der Waals surface area contributed by atoms with Gasteiger partial charge in [0.25, 0.3) is 5.91 Å². The topological polar surface area (TPSA) is 109 Å². The van der Waals surface area contributed by atoms with Crippen molar-refractivity contribution in [2.75, 3.05) is 37.0 Å². The van der Waals surface area contributed by atoms with Gasteiger partial charge in [-0.25, -0.2) is 8.42 Å². The Morgan fingerprint density at radius 2 is 1.87 bits per heavy atom. The molecule has 31 heavy (non-hydrogen) atoms. The maximum atomic E-state index is 12.8. The standard InChI is InChI=1S/C21H25N3O6S/c1-14-19(31(27,28)23-9-3-4-10-23)13-18(30-14)21(26)22-15-7-8-16(17(12-15)29-2)24-11-5-6-20(24)25/h7-8,12-13H,3-6,9-11H2,1-2H3,(H,22,26). The molecule has 0 unspecified atom stereocenters. The van der Waals surface area contributed by atoms with Crippen LogP contribution < -0.4 is 15.0 Å². The van der Waals surface area contributed by atoms with Gasteiger partial charge in [0.1, 0.15) is 16.4 Å². The number of rotatable bonds is 6. The monoisotopic (exact) mass is 447 g/mol. The van der Waals surface area contributed by atoms with E-state index in [1.807, 2.05) is 0 Å². The highest BCUT2D eigenvalue weighted by molar-refractivity contribution is 7.89. The summed E-state index contributed by atoms with van der Waals surface area (Å²) in [5.74, 6) is 0.0115. The van der Waals surface area contributed by atoms with Gasteiger partial charge in [-0.1, -0.05) is 0 Å². The van der Waals surface area contributed by atoms with Crippen molar-refractivity contribution in [3.63, 3.8) is 0 Å². The first-order valence-corrected chi connectivity index (χ1v) is 11.7. The number of aryl methyl sites for hydroxylation is 1. The Balaban J connectivity index is 1.54. The van der Waals surface area contributed by atoms with E-state index in [4.69, 9.17) is 9.15 Å². The summed E-state index contributed by atoms with van der Waals surface area (Å²) < 4.78 is 37.9. The number of anilines is 2. The molecule has 0 spiro atoms. The molecule has 1 aromatic carbocycles. The number of hydrogen-bond donors (Lipinski definition) is 1. The number of carbonyl (C=O) groups is 2. The predicted molar refractivity (Wildman–Crippen MR) is 114 cm³/mol. The summed E-state index contributed by atoms with van der Waals surface area (Å²) in [6.07, 6.45) is 2.94. The molecule has 9 nitrogen and oxygen atoms in total. The molecule has 1 N–H and O–H groups in total. The van der Waals surface area contributed by atoms with Crippen molar-refractivity contribution in [2.45, 2.75) is 37.5 Å². The zero-order valence-corrected chi connectivity index (χ0v) is 18.3. The number of benzene rings is 1. The molecule has 0 aliphatic carbocycles. The van der Waals surface area contributed by atoms with Gasteiger partial charge in [-0.05, 0) is 38.3 Å². The third kappa shape index (κ3) is 4.05. The molecule has 1 aromatic heterocycles. The lowest BCUT2D eigenvalue weighted by Gasteiger charge is -2.19. The first-order valence-electron chi connectivity index (χ1n) is 10.2. The number of nitrogens with zero attached hydrogens (tertiary/aromatic N) is 2. The highest BCUT2D eigenvalue weighted by atomic mass is 32.2. The number of hydrogen-bond acceptors (Lipinski definition) is 6. The first-order chi connectivity index (χ1) is 14.8. The molecule has 2 fully saturated rings. The van der Waals surface area contributed by atoms with Crippen LogP contribution in [0.25, 0.3) is 0 Å². The Labute approximate surface area is 181 Å². The second-order valence-electron chi connectivity index (χ2n) is 7.63. The normalized spacial score (nSPS) is 17.4. The molecule has 2 saturated heterocycles. The average Bonchev–Trinajstić information content (AvgIpc) is 3.49. The summed E-state index contributed by atoms with van der Waals surface area (Å²) in [6, 6.07) is 6.27. The lowest BCUT2D eigenvalue weighted by molar-refractivity contribution is -0.117. The molecule has 0 radical (unpaired) electrons. The fraction of sp³-hybridized carbons (Fsp3) is 0.429. The fourth-order valence-corrected chi connectivity index (χ4v) is 5.65. The molecule has 2 aromatic rings. The molecule has 10 heteroatoms. The van der Waals surface area contributed by atoms with Crippen LogP contribution in [-0.4, -0.2) is 51.3 Å². The van der Waals surface area contributed by atoms with Gasteiger partial charge < -0.3 is 19.4 Å². The number of sulfonamides is 1. The Kier molecular flexibility index (Phi) is 5.76. The van der Waals surface area contributed by atoms with E-state index in [9.17, 15) is 18.0 Å². The summed E-state index contributed by atoms with van der Waals surface area (Å²) >= 11 is 0. The summed E-state index contributed by atoms with van der Waals surface area (Å²) in [5, 5.41) is 2.70. The zero-order valence-electron chi connectivity index (χ0n) is 17.5. The molecule has 0 bridgehead atoms. The smallest absolute Gasteiger partial charge is 0.291 e. The van der Waals surface area contributed by atoms with Crippen molar-refractivity contribution in [3.8, 4) is 5.75 Å². The van der Waals surface area contributed by atoms with Gasteiger partial charge in [-0.2, -0.15) is 4.31 Å².